The molecule has 3 aromatic rings. The lowest BCUT2D eigenvalue weighted by atomic mass is 10.0. The molecule has 38 heavy (non-hydrogen) atoms. The summed E-state index contributed by atoms with van der Waals surface area (Å²) in [5.74, 6) is -0.122. The van der Waals surface area contributed by atoms with E-state index in [-0.39, 0.29) is 18.4 Å². The number of hydrazone groups is 1. The van der Waals surface area contributed by atoms with Crippen LogP contribution in [0.4, 0.5) is 0 Å². The normalized spacial score (nSPS) is 11.6. The Hall–Kier alpha value is -3.87. The number of halogens is 2. The van der Waals surface area contributed by atoms with Crippen molar-refractivity contribution in [2.45, 2.75) is 26.5 Å². The molecule has 0 bridgehead atoms. The number of carbonyl (C=O) groups is 2. The Balaban J connectivity index is 1.67. The van der Waals surface area contributed by atoms with Gasteiger partial charge in [-0.05, 0) is 69.9 Å². The monoisotopic (exact) mass is 596 g/mol. The first-order valence-corrected chi connectivity index (χ1v) is 12.8. The number of methoxy groups -OCH3 is 1. The van der Waals surface area contributed by atoms with Crippen molar-refractivity contribution in [2.75, 3.05) is 7.11 Å². The van der Waals surface area contributed by atoms with Gasteiger partial charge in [-0.3, -0.25) is 9.59 Å². The number of amides is 2. The molecule has 8 nitrogen and oxygen atoms in total. The molecule has 0 spiro atoms. The number of carbonyl (C=O) groups excluding carboxylic acids is 2. The van der Waals surface area contributed by atoms with Gasteiger partial charge in [0.15, 0.2) is 11.5 Å². The van der Waals surface area contributed by atoms with E-state index >= 15 is 0 Å². The number of hydrogen-bond acceptors (Lipinski definition) is 6. The van der Waals surface area contributed by atoms with Crippen LogP contribution in [0.1, 0.15) is 40.9 Å². The second-order valence-corrected chi connectivity index (χ2v) is 9.82. The average Bonchev–Trinajstić information content (AvgIpc) is 2.90. The summed E-state index contributed by atoms with van der Waals surface area (Å²) >= 11 is 9.37. The molecule has 1 atom stereocenters. The zero-order valence-electron chi connectivity index (χ0n) is 21.0. The molecule has 10 heteroatoms. The van der Waals surface area contributed by atoms with Crippen LogP contribution < -0.4 is 20.2 Å². The Bertz CT molecular complexity index is 1370. The predicted octanol–water partition coefficient (Wildman–Crippen LogP) is 5.47. The summed E-state index contributed by atoms with van der Waals surface area (Å²) in [5, 5.41) is 16.6. The summed E-state index contributed by atoms with van der Waals surface area (Å²) in [6, 6.07) is 18.4. The number of rotatable bonds is 10. The Morgan fingerprint density at radius 1 is 1.16 bits per heavy atom. The number of benzene rings is 3. The maximum absolute atomic E-state index is 12.8. The Morgan fingerprint density at radius 2 is 1.87 bits per heavy atom. The third kappa shape index (κ3) is 7.57. The van der Waals surface area contributed by atoms with E-state index in [1.165, 1.54) is 13.3 Å². The average molecular weight is 598 g/mol. The topological polar surface area (TPSA) is 113 Å². The van der Waals surface area contributed by atoms with Gasteiger partial charge in [0.1, 0.15) is 12.6 Å². The molecule has 0 heterocycles. The largest absolute Gasteiger partial charge is 0.493 e. The molecule has 0 fully saturated rings. The van der Waals surface area contributed by atoms with Crippen LogP contribution in [0.15, 0.2) is 70.2 Å². The predicted molar refractivity (Wildman–Crippen MR) is 149 cm³/mol. The molecular weight excluding hydrogens is 572 g/mol. The van der Waals surface area contributed by atoms with Crippen LogP contribution in [0.3, 0.4) is 0 Å². The van der Waals surface area contributed by atoms with Gasteiger partial charge >= 0.3 is 0 Å². The quantitative estimate of drug-likeness (QED) is 0.238. The van der Waals surface area contributed by atoms with Crippen molar-refractivity contribution < 1.29 is 19.1 Å². The molecule has 1 unspecified atom stereocenters. The van der Waals surface area contributed by atoms with Crippen LogP contribution in [0.25, 0.3) is 0 Å². The van der Waals surface area contributed by atoms with Crippen LogP contribution in [0.5, 0.6) is 11.5 Å². The molecule has 2 N–H and O–H groups in total. The zero-order chi connectivity index (χ0) is 27.7. The fraction of sp³-hybridized carbons (Fsp3) is 0.214. The smallest absolute Gasteiger partial charge is 0.262 e. The lowest BCUT2D eigenvalue weighted by molar-refractivity contribution is -0.123. The Morgan fingerprint density at radius 3 is 2.53 bits per heavy atom. The molecule has 3 rings (SSSR count). The van der Waals surface area contributed by atoms with Gasteiger partial charge in [-0.2, -0.15) is 10.4 Å². The van der Waals surface area contributed by atoms with Gasteiger partial charge in [0, 0.05) is 16.1 Å². The third-order valence-corrected chi connectivity index (χ3v) is 6.33. The first-order chi connectivity index (χ1) is 18.2. The minimum Gasteiger partial charge on any atom is -0.493 e. The minimum absolute atomic E-state index is 0.181. The summed E-state index contributed by atoms with van der Waals surface area (Å²) in [7, 11) is 1.51. The summed E-state index contributed by atoms with van der Waals surface area (Å²) in [5.41, 5.74) is 4.79. The van der Waals surface area contributed by atoms with E-state index in [2.05, 4.69) is 37.8 Å². The van der Waals surface area contributed by atoms with E-state index in [9.17, 15) is 14.9 Å². The molecule has 0 aliphatic heterocycles. The van der Waals surface area contributed by atoms with Crippen molar-refractivity contribution in [3.8, 4) is 17.6 Å². The van der Waals surface area contributed by atoms with Crippen LogP contribution in [-0.2, 0) is 11.4 Å². The van der Waals surface area contributed by atoms with Gasteiger partial charge in [0.25, 0.3) is 11.8 Å². The molecule has 0 aliphatic carbocycles. The van der Waals surface area contributed by atoms with Gasteiger partial charge in [-0.1, -0.05) is 43.6 Å². The molecule has 0 saturated heterocycles. The molecule has 196 valence electrons. The van der Waals surface area contributed by atoms with Crippen molar-refractivity contribution in [1.82, 2.24) is 10.7 Å². The van der Waals surface area contributed by atoms with E-state index < -0.39 is 11.9 Å². The van der Waals surface area contributed by atoms with Gasteiger partial charge in [0.05, 0.1) is 29.4 Å². The lowest BCUT2D eigenvalue weighted by Crippen LogP contribution is -2.48. The van der Waals surface area contributed by atoms with Crippen molar-refractivity contribution >= 4 is 45.6 Å². The highest BCUT2D eigenvalue weighted by Crippen LogP contribution is 2.37. The molecule has 0 aromatic heterocycles. The number of ether oxygens (including phenoxy) is 2. The summed E-state index contributed by atoms with van der Waals surface area (Å²) in [4.78, 5) is 25.3. The zero-order valence-corrected chi connectivity index (χ0v) is 23.3. The van der Waals surface area contributed by atoms with Crippen LogP contribution >= 0.6 is 27.5 Å². The SMILES string of the molecule is COc1cc(/C=N/NC(=O)C(NC(=O)c2ccc(Cl)cc2)C(C)C)cc(Br)c1OCc1ccccc1C#N. The van der Waals surface area contributed by atoms with Crippen molar-refractivity contribution in [3.05, 3.63) is 92.4 Å². The molecule has 0 saturated carbocycles. The highest BCUT2D eigenvalue weighted by atomic mass is 79.9. The molecule has 0 aliphatic rings. The number of nitrogens with zero attached hydrogens (tertiary/aromatic N) is 2. The highest BCUT2D eigenvalue weighted by molar-refractivity contribution is 9.10. The van der Waals surface area contributed by atoms with E-state index in [1.54, 1.807) is 48.5 Å². The fourth-order valence-electron chi connectivity index (χ4n) is 3.46. The minimum atomic E-state index is -0.802. The van der Waals surface area contributed by atoms with E-state index in [1.807, 2.05) is 26.0 Å². The Labute approximate surface area is 234 Å². The second-order valence-electron chi connectivity index (χ2n) is 8.53. The number of hydrogen-bond donors (Lipinski definition) is 2. The van der Waals surface area contributed by atoms with Gasteiger partial charge in [0.2, 0.25) is 0 Å². The standard InChI is InChI=1S/C28H26BrClN4O4/c1-17(2)25(33-27(35)19-8-10-22(30)11-9-19)28(36)34-32-15-18-12-23(29)26(24(13-18)37-3)38-16-21-7-5-4-6-20(21)14-31/h4-13,15,17,25H,16H2,1-3H3,(H,33,35)(H,34,36)/b32-15+. The summed E-state index contributed by atoms with van der Waals surface area (Å²) in [6.45, 7) is 3.83. The van der Waals surface area contributed by atoms with E-state index in [4.69, 9.17) is 21.1 Å². The first kappa shape index (κ1) is 28.7. The fourth-order valence-corrected chi connectivity index (χ4v) is 4.16. The molecule has 0 radical (unpaired) electrons. The highest BCUT2D eigenvalue weighted by Gasteiger charge is 2.24. The summed E-state index contributed by atoms with van der Waals surface area (Å²) in [6.07, 6.45) is 1.46. The van der Waals surface area contributed by atoms with Crippen molar-refractivity contribution in [3.63, 3.8) is 0 Å². The maximum Gasteiger partial charge on any atom is 0.262 e. The van der Waals surface area contributed by atoms with Crippen LogP contribution in [0, 0.1) is 17.2 Å². The van der Waals surface area contributed by atoms with E-state index in [0.717, 1.165) is 5.56 Å². The third-order valence-electron chi connectivity index (χ3n) is 5.49. The lowest BCUT2D eigenvalue weighted by Gasteiger charge is -2.20. The molecule has 2 amide bonds. The van der Waals surface area contributed by atoms with E-state index in [0.29, 0.717) is 37.7 Å². The van der Waals surface area contributed by atoms with Gasteiger partial charge in [-0.25, -0.2) is 5.43 Å². The Kier molecular flexibility index (Phi) is 10.3. The molecular formula is C28H26BrClN4O4. The van der Waals surface area contributed by atoms with Gasteiger partial charge in [-0.15, -0.1) is 0 Å². The second kappa shape index (κ2) is 13.6. The first-order valence-electron chi connectivity index (χ1n) is 11.6. The van der Waals surface area contributed by atoms with Crippen molar-refractivity contribution in [2.24, 2.45) is 11.0 Å². The summed E-state index contributed by atoms with van der Waals surface area (Å²) < 4.78 is 12.0. The van der Waals surface area contributed by atoms with Crippen LogP contribution in [0.2, 0.25) is 5.02 Å². The maximum atomic E-state index is 12.8. The van der Waals surface area contributed by atoms with Gasteiger partial charge < -0.3 is 14.8 Å². The number of nitrogens with one attached hydrogen (secondary N) is 2. The molecule has 3 aromatic carbocycles. The number of nitriles is 1. The van der Waals surface area contributed by atoms with Crippen LogP contribution in [-0.4, -0.2) is 31.2 Å². The van der Waals surface area contributed by atoms with Crippen molar-refractivity contribution in [1.29, 1.82) is 5.26 Å².